The number of amides is 2. The molecule has 0 aliphatic heterocycles. The molecule has 7 nitrogen and oxygen atoms in total. The lowest BCUT2D eigenvalue weighted by Gasteiger charge is -2.23. The topological polar surface area (TPSA) is 92.9 Å². The van der Waals surface area contributed by atoms with Gasteiger partial charge in [0.05, 0.1) is 12.1 Å². The highest BCUT2D eigenvalue weighted by Crippen LogP contribution is 2.18. The number of carbonyl (C=O) groups is 3. The number of nitrogen functional groups attached to an aromatic ring is 1. The number of likely N-dealkylation sites (N-methyl/N-ethyl adjacent to an activating group) is 2. The van der Waals surface area contributed by atoms with Crippen molar-refractivity contribution in [1.29, 1.82) is 0 Å². The maximum absolute atomic E-state index is 12.0. The summed E-state index contributed by atoms with van der Waals surface area (Å²) in [6.07, 6.45) is 0. The molecule has 0 saturated heterocycles. The van der Waals surface area contributed by atoms with Crippen molar-refractivity contribution < 1.29 is 19.1 Å². The minimum Gasteiger partial charge on any atom is -0.452 e. The maximum atomic E-state index is 12.0. The van der Waals surface area contributed by atoms with Crippen molar-refractivity contribution in [2.45, 2.75) is 13.8 Å². The molecular weight excluding hydrogens is 334 g/mol. The first-order valence-electron chi connectivity index (χ1n) is 7.54. The van der Waals surface area contributed by atoms with Gasteiger partial charge in [-0.1, -0.05) is 11.6 Å². The lowest BCUT2D eigenvalue weighted by molar-refractivity contribution is -0.140. The zero-order valence-electron chi connectivity index (χ0n) is 14.0. The molecule has 0 unspecified atom stereocenters. The van der Waals surface area contributed by atoms with Crippen molar-refractivity contribution >= 4 is 35.1 Å². The van der Waals surface area contributed by atoms with E-state index in [4.69, 9.17) is 22.1 Å². The molecule has 1 aromatic rings. The second kappa shape index (κ2) is 9.12. The molecule has 132 valence electrons. The summed E-state index contributed by atoms with van der Waals surface area (Å²) in [7, 11) is 1.48. The number of halogens is 1. The summed E-state index contributed by atoms with van der Waals surface area (Å²) in [5.74, 6) is -1.36. The Balaban J connectivity index is 2.55. The molecule has 0 aromatic heterocycles. The highest BCUT2D eigenvalue weighted by Gasteiger charge is 2.19. The average Bonchev–Trinajstić information content (AvgIpc) is 2.53. The van der Waals surface area contributed by atoms with Crippen LogP contribution in [0.1, 0.15) is 24.2 Å². The number of nitrogens with two attached hydrogens (primary N) is 1. The molecule has 0 fully saturated rings. The molecule has 0 saturated carbocycles. The number of nitrogens with zero attached hydrogens (tertiary/aromatic N) is 2. The van der Waals surface area contributed by atoms with Crippen LogP contribution < -0.4 is 5.73 Å². The molecule has 0 spiro atoms. The Morgan fingerprint density at radius 1 is 1.17 bits per heavy atom. The molecule has 24 heavy (non-hydrogen) atoms. The fraction of sp³-hybridized carbons (Fsp3) is 0.438. The molecule has 0 radical (unpaired) electrons. The third-order valence-corrected chi connectivity index (χ3v) is 3.71. The lowest BCUT2D eigenvalue weighted by atomic mass is 10.2. The van der Waals surface area contributed by atoms with E-state index in [1.807, 2.05) is 13.8 Å². The molecule has 1 rings (SSSR count). The Labute approximate surface area is 146 Å². The van der Waals surface area contributed by atoms with Crippen LogP contribution in [0.15, 0.2) is 18.2 Å². The molecule has 0 heterocycles. The normalized spacial score (nSPS) is 10.2. The minimum absolute atomic E-state index is 0.0683. The minimum atomic E-state index is -0.721. The van der Waals surface area contributed by atoms with E-state index in [2.05, 4.69) is 0 Å². The number of esters is 1. The molecule has 8 heteroatoms. The highest BCUT2D eigenvalue weighted by molar-refractivity contribution is 6.31. The summed E-state index contributed by atoms with van der Waals surface area (Å²) in [6.45, 7) is 4.33. The SMILES string of the molecule is CCN(CC)C(=O)CN(C)C(=O)COC(=O)c1ccc(Cl)cc1N. The van der Waals surface area contributed by atoms with E-state index in [1.165, 1.54) is 30.1 Å². The van der Waals surface area contributed by atoms with E-state index >= 15 is 0 Å². The van der Waals surface area contributed by atoms with Crippen LogP contribution in [0.5, 0.6) is 0 Å². The molecule has 2 N–H and O–H groups in total. The first-order valence-corrected chi connectivity index (χ1v) is 7.91. The van der Waals surface area contributed by atoms with Gasteiger partial charge in [0.1, 0.15) is 0 Å². The Bertz CT molecular complexity index is 617. The van der Waals surface area contributed by atoms with Crippen LogP contribution in [0.4, 0.5) is 5.69 Å². The predicted octanol–water partition coefficient (Wildman–Crippen LogP) is 1.41. The summed E-state index contributed by atoms with van der Waals surface area (Å²) in [4.78, 5) is 38.7. The number of hydrogen-bond acceptors (Lipinski definition) is 5. The molecule has 1 aromatic carbocycles. The monoisotopic (exact) mass is 355 g/mol. The second-order valence-electron chi connectivity index (χ2n) is 5.12. The summed E-state index contributed by atoms with van der Waals surface area (Å²) in [5, 5.41) is 0.398. The van der Waals surface area contributed by atoms with Crippen molar-refractivity contribution in [3.8, 4) is 0 Å². The van der Waals surface area contributed by atoms with Gasteiger partial charge in [-0.05, 0) is 32.0 Å². The average molecular weight is 356 g/mol. The predicted molar refractivity (Wildman–Crippen MR) is 91.7 cm³/mol. The van der Waals surface area contributed by atoms with Crippen LogP contribution in [-0.4, -0.2) is 60.9 Å². The van der Waals surface area contributed by atoms with Gasteiger partial charge in [0.15, 0.2) is 6.61 Å². The van der Waals surface area contributed by atoms with Gasteiger partial charge in [-0.25, -0.2) is 4.79 Å². The van der Waals surface area contributed by atoms with Crippen molar-refractivity contribution in [3.63, 3.8) is 0 Å². The fourth-order valence-electron chi connectivity index (χ4n) is 2.00. The van der Waals surface area contributed by atoms with Gasteiger partial charge in [0, 0.05) is 30.8 Å². The van der Waals surface area contributed by atoms with Gasteiger partial charge in [-0.15, -0.1) is 0 Å². The number of hydrogen-bond donors (Lipinski definition) is 1. The first-order chi connectivity index (χ1) is 11.3. The highest BCUT2D eigenvalue weighted by atomic mass is 35.5. The van der Waals surface area contributed by atoms with Gasteiger partial charge >= 0.3 is 5.97 Å². The molecular formula is C16H22ClN3O4. The molecule has 0 atom stereocenters. The smallest absolute Gasteiger partial charge is 0.340 e. The van der Waals surface area contributed by atoms with Crippen molar-refractivity contribution in [3.05, 3.63) is 28.8 Å². The van der Waals surface area contributed by atoms with Crippen molar-refractivity contribution in [2.75, 3.05) is 39.0 Å². The van der Waals surface area contributed by atoms with Crippen molar-refractivity contribution in [1.82, 2.24) is 9.80 Å². The summed E-state index contributed by atoms with van der Waals surface area (Å²) in [6, 6.07) is 4.36. The summed E-state index contributed by atoms with van der Waals surface area (Å²) in [5.41, 5.74) is 5.99. The third kappa shape index (κ3) is 5.42. The molecule has 0 aliphatic rings. The van der Waals surface area contributed by atoms with Crippen LogP contribution >= 0.6 is 11.6 Å². The fourth-order valence-corrected chi connectivity index (χ4v) is 2.18. The van der Waals surface area contributed by atoms with Crippen LogP contribution in [0.25, 0.3) is 0 Å². The number of rotatable bonds is 7. The second-order valence-corrected chi connectivity index (χ2v) is 5.56. The zero-order valence-corrected chi connectivity index (χ0v) is 14.8. The van der Waals surface area contributed by atoms with Crippen LogP contribution in [0.2, 0.25) is 5.02 Å². The number of ether oxygens (including phenoxy) is 1. The Morgan fingerprint density at radius 2 is 1.79 bits per heavy atom. The largest absolute Gasteiger partial charge is 0.452 e. The Morgan fingerprint density at radius 3 is 2.33 bits per heavy atom. The van der Waals surface area contributed by atoms with E-state index in [1.54, 1.807) is 4.90 Å². The molecule has 2 amide bonds. The Hall–Kier alpha value is -2.28. The molecule has 0 bridgehead atoms. The lowest BCUT2D eigenvalue weighted by Crippen LogP contribution is -2.42. The maximum Gasteiger partial charge on any atom is 0.340 e. The first kappa shape index (κ1) is 19.8. The third-order valence-electron chi connectivity index (χ3n) is 3.47. The van der Waals surface area contributed by atoms with Crippen LogP contribution in [-0.2, 0) is 14.3 Å². The standard InChI is InChI=1S/C16H22ClN3O4/c1-4-20(5-2)14(21)9-19(3)15(22)10-24-16(23)12-7-6-11(17)8-13(12)18/h6-8H,4-5,9-10,18H2,1-3H3. The number of benzene rings is 1. The number of anilines is 1. The van der Waals surface area contributed by atoms with Gasteiger partial charge in [0.2, 0.25) is 5.91 Å². The zero-order chi connectivity index (χ0) is 18.3. The van der Waals surface area contributed by atoms with Crippen LogP contribution in [0, 0.1) is 0 Å². The van der Waals surface area contributed by atoms with Crippen LogP contribution in [0.3, 0.4) is 0 Å². The van der Waals surface area contributed by atoms with Gasteiger partial charge in [0.25, 0.3) is 5.91 Å². The Kier molecular flexibility index (Phi) is 7.51. The van der Waals surface area contributed by atoms with Crippen molar-refractivity contribution in [2.24, 2.45) is 0 Å². The number of carbonyl (C=O) groups excluding carboxylic acids is 3. The summed E-state index contributed by atoms with van der Waals surface area (Å²) >= 11 is 5.76. The quantitative estimate of drug-likeness (QED) is 0.589. The summed E-state index contributed by atoms with van der Waals surface area (Å²) < 4.78 is 4.95. The van der Waals surface area contributed by atoms with E-state index in [0.717, 1.165) is 0 Å². The van der Waals surface area contributed by atoms with Gasteiger partial charge in [-0.2, -0.15) is 0 Å². The van der Waals surface area contributed by atoms with E-state index in [9.17, 15) is 14.4 Å². The van der Waals surface area contributed by atoms with E-state index in [0.29, 0.717) is 18.1 Å². The van der Waals surface area contributed by atoms with Gasteiger partial charge in [-0.3, -0.25) is 9.59 Å². The van der Waals surface area contributed by atoms with E-state index < -0.39 is 18.5 Å². The molecule has 0 aliphatic carbocycles. The van der Waals surface area contributed by atoms with E-state index in [-0.39, 0.29) is 23.7 Å². The van der Waals surface area contributed by atoms with Gasteiger partial charge < -0.3 is 20.3 Å².